The fourth-order valence-corrected chi connectivity index (χ4v) is 7.66. The SMILES string of the molecule is [Cl-].[NH2-].[Na+].c1ccc([P+](Cc2ccccn2)(c2ccccc2)c2ccccc2)cc1. The smallest absolute Gasteiger partial charge is 1.00 e. The third-order valence-electron chi connectivity index (χ3n) is 4.72. The second kappa shape index (κ2) is 12.2. The summed E-state index contributed by atoms with van der Waals surface area (Å²) < 4.78 is 0. The summed E-state index contributed by atoms with van der Waals surface area (Å²) in [6, 6.07) is 39.0. The Balaban J connectivity index is 0.00000140. The molecule has 0 aliphatic carbocycles. The maximum atomic E-state index is 4.67. The maximum absolute atomic E-state index is 4.67. The molecule has 29 heavy (non-hydrogen) atoms. The van der Waals surface area contributed by atoms with E-state index in [-0.39, 0.29) is 48.1 Å². The summed E-state index contributed by atoms with van der Waals surface area (Å²) in [6.45, 7) is 0. The van der Waals surface area contributed by atoms with Gasteiger partial charge in [0.2, 0.25) is 0 Å². The van der Waals surface area contributed by atoms with Crippen molar-refractivity contribution < 1.29 is 42.0 Å². The molecule has 0 saturated heterocycles. The van der Waals surface area contributed by atoms with Crippen LogP contribution in [0.5, 0.6) is 0 Å². The Kier molecular flexibility index (Phi) is 10.8. The third-order valence-corrected chi connectivity index (χ3v) is 9.05. The van der Waals surface area contributed by atoms with E-state index in [4.69, 9.17) is 0 Å². The molecule has 0 fully saturated rings. The van der Waals surface area contributed by atoms with E-state index < -0.39 is 7.26 Å². The van der Waals surface area contributed by atoms with E-state index in [1.807, 2.05) is 12.3 Å². The van der Waals surface area contributed by atoms with Gasteiger partial charge in [-0.05, 0) is 48.5 Å². The predicted octanol–water partition coefficient (Wildman–Crippen LogP) is -0.699. The average Bonchev–Trinajstić information content (AvgIpc) is 2.75. The van der Waals surface area contributed by atoms with Crippen LogP contribution in [0.2, 0.25) is 0 Å². The first kappa shape index (κ1) is 25.5. The first-order chi connectivity index (χ1) is 12.9. The topological polar surface area (TPSA) is 46.4 Å². The van der Waals surface area contributed by atoms with Crippen LogP contribution in [0, 0.1) is 0 Å². The Morgan fingerprint density at radius 3 is 1.28 bits per heavy atom. The Bertz CT molecular complexity index is 858. The quantitative estimate of drug-likeness (QED) is 0.306. The van der Waals surface area contributed by atoms with Crippen LogP contribution in [0.3, 0.4) is 0 Å². The van der Waals surface area contributed by atoms with Crippen molar-refractivity contribution in [1.29, 1.82) is 0 Å². The zero-order valence-corrected chi connectivity index (χ0v) is 20.2. The summed E-state index contributed by atoms with van der Waals surface area (Å²) in [7, 11) is -1.84. The number of nitrogens with zero attached hydrogens (tertiary/aromatic N) is 1. The molecule has 142 valence electrons. The molecule has 1 aromatic heterocycles. The van der Waals surface area contributed by atoms with Gasteiger partial charge >= 0.3 is 29.6 Å². The Labute approximate surface area is 202 Å². The van der Waals surface area contributed by atoms with E-state index in [1.54, 1.807) is 0 Å². The molecule has 0 saturated carbocycles. The molecule has 2 N–H and O–H groups in total. The number of benzene rings is 3. The van der Waals surface area contributed by atoms with Crippen molar-refractivity contribution in [2.45, 2.75) is 6.16 Å². The minimum absolute atomic E-state index is 0. The summed E-state index contributed by atoms with van der Waals surface area (Å²) in [5, 5.41) is 4.18. The van der Waals surface area contributed by atoms with Gasteiger partial charge in [0.1, 0.15) is 29.3 Å². The number of hydrogen-bond acceptors (Lipinski definition) is 1. The predicted molar refractivity (Wildman–Crippen MR) is 118 cm³/mol. The van der Waals surface area contributed by atoms with E-state index >= 15 is 0 Å². The van der Waals surface area contributed by atoms with Gasteiger partial charge < -0.3 is 18.6 Å². The molecule has 0 aliphatic rings. The van der Waals surface area contributed by atoms with Crippen molar-refractivity contribution in [2.75, 3.05) is 0 Å². The molecule has 1 heterocycles. The fraction of sp³-hybridized carbons (Fsp3) is 0.0417. The van der Waals surface area contributed by atoms with Crippen LogP contribution in [0.15, 0.2) is 115 Å². The average molecular weight is 429 g/mol. The molecule has 0 spiro atoms. The fourth-order valence-electron chi connectivity index (χ4n) is 3.50. The Morgan fingerprint density at radius 1 is 0.552 bits per heavy atom. The monoisotopic (exact) mass is 428 g/mol. The number of rotatable bonds is 5. The summed E-state index contributed by atoms with van der Waals surface area (Å²) in [6.07, 6.45) is 2.82. The summed E-state index contributed by atoms with van der Waals surface area (Å²) in [5.41, 5.74) is 1.14. The van der Waals surface area contributed by atoms with Crippen molar-refractivity contribution in [1.82, 2.24) is 4.98 Å². The van der Waals surface area contributed by atoms with Crippen molar-refractivity contribution in [3.05, 3.63) is 127 Å². The van der Waals surface area contributed by atoms with E-state index in [2.05, 4.69) is 108 Å². The molecule has 0 aliphatic heterocycles. The number of pyridine rings is 1. The van der Waals surface area contributed by atoms with Crippen molar-refractivity contribution in [3.8, 4) is 0 Å². The van der Waals surface area contributed by atoms with Crippen LogP contribution < -0.4 is 57.9 Å². The summed E-state index contributed by atoms with van der Waals surface area (Å²) >= 11 is 0. The molecule has 3 aromatic carbocycles. The van der Waals surface area contributed by atoms with Crippen LogP contribution in [0.4, 0.5) is 0 Å². The molecular weight excluding hydrogens is 406 g/mol. The molecule has 0 unspecified atom stereocenters. The molecule has 4 aromatic rings. The molecular formula is C24H23ClN2NaP. The van der Waals surface area contributed by atoms with E-state index in [0.717, 1.165) is 11.9 Å². The van der Waals surface area contributed by atoms with Crippen LogP contribution in [-0.4, -0.2) is 4.98 Å². The van der Waals surface area contributed by atoms with E-state index in [9.17, 15) is 0 Å². The molecule has 0 amide bonds. The number of halogens is 1. The Hall–Kier alpha value is -1.51. The van der Waals surface area contributed by atoms with Crippen LogP contribution in [-0.2, 0) is 6.16 Å². The first-order valence-corrected chi connectivity index (χ1v) is 10.8. The van der Waals surface area contributed by atoms with Gasteiger partial charge in [-0.2, -0.15) is 0 Å². The van der Waals surface area contributed by atoms with Gasteiger partial charge in [0.25, 0.3) is 0 Å². The molecule has 0 atom stereocenters. The van der Waals surface area contributed by atoms with Crippen molar-refractivity contribution in [2.24, 2.45) is 0 Å². The molecule has 0 radical (unpaired) electrons. The van der Waals surface area contributed by atoms with Crippen molar-refractivity contribution >= 4 is 23.2 Å². The zero-order valence-electron chi connectivity index (χ0n) is 16.5. The Morgan fingerprint density at radius 2 is 0.931 bits per heavy atom. The second-order valence-corrected chi connectivity index (χ2v) is 9.78. The first-order valence-electron chi connectivity index (χ1n) is 8.84. The minimum Gasteiger partial charge on any atom is -1.00 e. The minimum atomic E-state index is -1.84. The van der Waals surface area contributed by atoms with Gasteiger partial charge in [-0.25, -0.2) is 0 Å². The van der Waals surface area contributed by atoms with Gasteiger partial charge in [-0.15, -0.1) is 0 Å². The van der Waals surface area contributed by atoms with Gasteiger partial charge in [-0.3, -0.25) is 4.98 Å². The normalized spacial score (nSPS) is 10.1. The zero-order chi connectivity index (χ0) is 17.7. The van der Waals surface area contributed by atoms with Crippen molar-refractivity contribution in [3.63, 3.8) is 0 Å². The standard InChI is InChI=1S/C24H21NP.ClH.H2N.Na/c1-4-13-22(14-5-1)26(23-15-6-2-7-16-23,24-17-8-3-9-18-24)20-21-12-10-11-19-25-21;;;/h1-19H,20H2;1H;1H2;/q+1;;-1;+1/p-1. The van der Waals surface area contributed by atoms with E-state index in [0.29, 0.717) is 0 Å². The van der Waals surface area contributed by atoms with Crippen LogP contribution >= 0.6 is 7.26 Å². The molecule has 4 rings (SSSR count). The molecule has 0 bridgehead atoms. The number of hydrogen-bond donors (Lipinski definition) is 0. The molecule has 5 heteroatoms. The third kappa shape index (κ3) is 5.55. The van der Waals surface area contributed by atoms with Crippen LogP contribution in [0.25, 0.3) is 6.15 Å². The van der Waals surface area contributed by atoms with Gasteiger partial charge in [0.05, 0.1) is 5.69 Å². The largest absolute Gasteiger partial charge is 1.00 e. The van der Waals surface area contributed by atoms with E-state index in [1.165, 1.54) is 15.9 Å². The van der Waals surface area contributed by atoms with Gasteiger partial charge in [0.15, 0.2) is 0 Å². The second-order valence-electron chi connectivity index (χ2n) is 6.30. The van der Waals surface area contributed by atoms with Gasteiger partial charge in [0, 0.05) is 6.20 Å². The number of aromatic nitrogens is 1. The maximum Gasteiger partial charge on any atom is 1.00 e. The van der Waals surface area contributed by atoms with Crippen LogP contribution in [0.1, 0.15) is 5.69 Å². The molecule has 2 nitrogen and oxygen atoms in total. The van der Waals surface area contributed by atoms with Gasteiger partial charge in [-0.1, -0.05) is 60.7 Å². The summed E-state index contributed by atoms with van der Waals surface area (Å²) in [4.78, 5) is 4.67. The summed E-state index contributed by atoms with van der Waals surface area (Å²) in [5.74, 6) is 0. The number of nitrogens with two attached hydrogens (primary N) is 1.